The highest BCUT2D eigenvalue weighted by Crippen LogP contribution is 2.25. The van der Waals surface area contributed by atoms with Crippen LogP contribution in [0.3, 0.4) is 0 Å². The number of benzene rings is 1. The van der Waals surface area contributed by atoms with E-state index in [4.69, 9.17) is 16.9 Å². The Labute approximate surface area is 116 Å². The molecule has 0 aromatic heterocycles. The van der Waals surface area contributed by atoms with Gasteiger partial charge >= 0.3 is 0 Å². The fourth-order valence-corrected chi connectivity index (χ4v) is 3.13. The molecule has 98 valence electrons. The second kappa shape index (κ2) is 6.36. The predicted octanol–water partition coefficient (Wildman–Crippen LogP) is 4.09. The molecule has 4 heteroatoms. The fraction of sp³-hybridized carbons (Fsp3) is 0.500. The van der Waals surface area contributed by atoms with Gasteiger partial charge in [0, 0.05) is 21.6 Å². The molecular formula is C14H18ClNOS. The summed E-state index contributed by atoms with van der Waals surface area (Å²) in [7, 11) is -0.965. The molecule has 1 rings (SSSR count). The normalized spacial score (nSPS) is 14.8. The maximum atomic E-state index is 12.2. The molecule has 0 unspecified atom stereocenters. The van der Waals surface area contributed by atoms with Crippen LogP contribution in [0.25, 0.3) is 0 Å². The van der Waals surface area contributed by atoms with Crippen LogP contribution in [0, 0.1) is 16.7 Å². The van der Waals surface area contributed by atoms with E-state index < -0.39 is 16.2 Å². The van der Waals surface area contributed by atoms with Crippen LogP contribution in [-0.4, -0.2) is 9.96 Å². The topological polar surface area (TPSA) is 40.9 Å². The summed E-state index contributed by atoms with van der Waals surface area (Å²) in [5, 5.41) is 9.58. The van der Waals surface area contributed by atoms with Crippen LogP contribution < -0.4 is 0 Å². The van der Waals surface area contributed by atoms with Crippen molar-refractivity contribution in [3.8, 4) is 6.07 Å². The Morgan fingerprint density at radius 3 is 2.44 bits per heavy atom. The Morgan fingerprint density at radius 1 is 1.39 bits per heavy atom. The molecule has 18 heavy (non-hydrogen) atoms. The molecule has 0 spiro atoms. The van der Waals surface area contributed by atoms with E-state index in [-0.39, 0.29) is 5.25 Å². The quantitative estimate of drug-likeness (QED) is 0.817. The summed E-state index contributed by atoms with van der Waals surface area (Å²) in [4.78, 5) is 0. The molecule has 2 atom stereocenters. The van der Waals surface area contributed by atoms with Crippen molar-refractivity contribution in [3.63, 3.8) is 0 Å². The largest absolute Gasteiger partial charge is 0.259 e. The number of nitriles is 1. The summed E-state index contributed by atoms with van der Waals surface area (Å²) in [6.07, 6.45) is 0.647. The van der Waals surface area contributed by atoms with Gasteiger partial charge in [0.15, 0.2) is 0 Å². The molecule has 0 radical (unpaired) electrons. The number of halogens is 1. The minimum Gasteiger partial charge on any atom is -0.259 e. The summed E-state index contributed by atoms with van der Waals surface area (Å²) in [5.41, 5.74) is 0.613. The lowest BCUT2D eigenvalue weighted by Gasteiger charge is -2.17. The first-order chi connectivity index (χ1) is 8.35. The summed E-state index contributed by atoms with van der Waals surface area (Å²) < 4.78 is 12.2. The molecule has 0 saturated carbocycles. The Morgan fingerprint density at radius 2 is 1.94 bits per heavy atom. The zero-order chi connectivity index (χ0) is 13.8. The summed E-state index contributed by atoms with van der Waals surface area (Å²) in [6, 6.07) is 9.66. The summed E-state index contributed by atoms with van der Waals surface area (Å²) >= 11 is 5.82. The van der Waals surface area contributed by atoms with E-state index in [1.807, 2.05) is 45.0 Å². The maximum absolute atomic E-state index is 12.2. The van der Waals surface area contributed by atoms with Crippen LogP contribution >= 0.6 is 11.6 Å². The van der Waals surface area contributed by atoms with Gasteiger partial charge in [0.25, 0.3) is 0 Å². The minimum atomic E-state index is -0.965. The van der Waals surface area contributed by atoms with Gasteiger partial charge in [-0.25, -0.2) is 0 Å². The van der Waals surface area contributed by atoms with Crippen LogP contribution in [0.1, 0.15) is 38.0 Å². The van der Waals surface area contributed by atoms with Crippen LogP contribution in [0.5, 0.6) is 0 Å². The number of hydrogen-bond donors (Lipinski definition) is 0. The van der Waals surface area contributed by atoms with Gasteiger partial charge in [-0.2, -0.15) is 5.26 Å². The highest BCUT2D eigenvalue weighted by atomic mass is 35.5. The van der Waals surface area contributed by atoms with Crippen molar-refractivity contribution in [2.75, 3.05) is 5.75 Å². The summed E-state index contributed by atoms with van der Waals surface area (Å²) in [5.74, 6) is 0.546. The van der Waals surface area contributed by atoms with E-state index in [9.17, 15) is 4.21 Å². The lowest BCUT2D eigenvalue weighted by molar-refractivity contribution is 0.478. The first-order valence-electron chi connectivity index (χ1n) is 5.89. The third-order valence-corrected chi connectivity index (χ3v) is 4.88. The lowest BCUT2D eigenvalue weighted by Crippen LogP contribution is -2.15. The average molecular weight is 284 g/mol. The van der Waals surface area contributed by atoms with Gasteiger partial charge in [-0.3, -0.25) is 4.21 Å². The van der Waals surface area contributed by atoms with E-state index in [1.54, 1.807) is 0 Å². The van der Waals surface area contributed by atoms with Crippen molar-refractivity contribution < 1.29 is 4.21 Å². The van der Waals surface area contributed by atoms with Crippen molar-refractivity contribution in [2.45, 2.75) is 32.4 Å². The minimum absolute atomic E-state index is 0.0308. The maximum Gasteiger partial charge on any atom is 0.0684 e. The second-order valence-electron chi connectivity index (χ2n) is 5.02. The first-order valence-corrected chi connectivity index (χ1v) is 7.65. The Hall–Kier alpha value is -0.850. The molecular weight excluding hydrogens is 266 g/mol. The van der Waals surface area contributed by atoms with E-state index in [2.05, 4.69) is 6.07 Å². The smallest absolute Gasteiger partial charge is 0.0684 e. The van der Waals surface area contributed by atoms with Crippen molar-refractivity contribution in [1.82, 2.24) is 0 Å². The third kappa shape index (κ3) is 4.44. The molecule has 2 nitrogen and oxygen atoms in total. The zero-order valence-electron chi connectivity index (χ0n) is 10.9. The monoisotopic (exact) mass is 283 g/mol. The molecule has 0 amide bonds. The van der Waals surface area contributed by atoms with E-state index in [1.165, 1.54) is 0 Å². The lowest BCUT2D eigenvalue weighted by atomic mass is 9.93. The predicted molar refractivity (Wildman–Crippen MR) is 76.9 cm³/mol. The van der Waals surface area contributed by atoms with Gasteiger partial charge in [0.05, 0.1) is 16.7 Å². The Balaban J connectivity index is 2.63. The van der Waals surface area contributed by atoms with E-state index >= 15 is 0 Å². The first kappa shape index (κ1) is 15.2. The van der Waals surface area contributed by atoms with Gasteiger partial charge < -0.3 is 0 Å². The van der Waals surface area contributed by atoms with Crippen molar-refractivity contribution in [2.24, 2.45) is 5.41 Å². The molecule has 0 saturated heterocycles. The Bertz CT molecular complexity index is 462. The number of rotatable bonds is 5. The highest BCUT2D eigenvalue weighted by Gasteiger charge is 2.20. The van der Waals surface area contributed by atoms with E-state index in [0.29, 0.717) is 17.2 Å². The van der Waals surface area contributed by atoms with Crippen molar-refractivity contribution in [1.29, 1.82) is 5.26 Å². The van der Waals surface area contributed by atoms with E-state index in [0.717, 1.165) is 5.56 Å². The molecule has 0 fully saturated rings. The van der Waals surface area contributed by atoms with Crippen molar-refractivity contribution in [3.05, 3.63) is 34.9 Å². The van der Waals surface area contributed by atoms with Gasteiger partial charge in [0.2, 0.25) is 0 Å². The molecule has 0 aliphatic rings. The standard InChI is InChI=1S/C14H18ClNOS/c1-11(12-4-6-13(15)7-5-12)18(17)9-8-14(2,3)10-16/h4-7,11H,8-9H2,1-3H3/t11-,18+/m1/s1. The molecule has 0 N–H and O–H groups in total. The SMILES string of the molecule is C[C@H](c1ccc(Cl)cc1)[S@@](=O)CCC(C)(C)C#N. The highest BCUT2D eigenvalue weighted by molar-refractivity contribution is 7.85. The average Bonchev–Trinajstić information content (AvgIpc) is 2.36. The molecule has 0 heterocycles. The van der Waals surface area contributed by atoms with Gasteiger partial charge in [-0.05, 0) is 44.9 Å². The van der Waals surface area contributed by atoms with Crippen LogP contribution in [0.2, 0.25) is 5.02 Å². The second-order valence-corrected chi connectivity index (χ2v) is 7.34. The molecule has 1 aromatic rings. The fourth-order valence-electron chi connectivity index (χ4n) is 1.47. The number of nitrogens with zero attached hydrogens (tertiary/aromatic N) is 1. The molecule has 1 aromatic carbocycles. The summed E-state index contributed by atoms with van der Waals surface area (Å²) in [6.45, 7) is 5.69. The molecule has 0 aliphatic carbocycles. The zero-order valence-corrected chi connectivity index (χ0v) is 12.5. The number of hydrogen-bond acceptors (Lipinski definition) is 2. The molecule has 0 bridgehead atoms. The van der Waals surface area contributed by atoms with Crippen LogP contribution in [-0.2, 0) is 10.8 Å². The third-order valence-electron chi connectivity index (χ3n) is 2.96. The van der Waals surface area contributed by atoms with Gasteiger partial charge in [-0.15, -0.1) is 0 Å². The Kier molecular flexibility index (Phi) is 5.37. The van der Waals surface area contributed by atoms with Gasteiger partial charge in [0.1, 0.15) is 0 Å². The molecule has 0 aliphatic heterocycles. The van der Waals surface area contributed by atoms with Gasteiger partial charge in [-0.1, -0.05) is 23.7 Å². The van der Waals surface area contributed by atoms with Crippen LogP contribution in [0.15, 0.2) is 24.3 Å². The van der Waals surface area contributed by atoms with Crippen molar-refractivity contribution >= 4 is 22.4 Å². The van der Waals surface area contributed by atoms with Crippen LogP contribution in [0.4, 0.5) is 0 Å².